The van der Waals surface area contributed by atoms with E-state index in [2.05, 4.69) is 10.2 Å². The summed E-state index contributed by atoms with van der Waals surface area (Å²) in [6, 6.07) is 15.9. The molecule has 2 atom stereocenters. The van der Waals surface area contributed by atoms with Gasteiger partial charge in [0.05, 0.1) is 20.3 Å². The number of carboxylic acid groups (broad SMARTS) is 1. The minimum atomic E-state index is -1.08. The lowest BCUT2D eigenvalue weighted by atomic mass is 9.95. The number of ketones is 1. The molecule has 0 bridgehead atoms. The average molecular weight is 540 g/mol. The molecule has 4 rings (SSSR count). The summed E-state index contributed by atoms with van der Waals surface area (Å²) < 4.78 is 38.8. The zero-order valence-corrected chi connectivity index (χ0v) is 21.8. The highest BCUT2D eigenvalue weighted by molar-refractivity contribution is 6.01. The molecule has 0 aromatic heterocycles. The first-order valence-corrected chi connectivity index (χ1v) is 12.5. The highest BCUT2D eigenvalue weighted by Gasteiger charge is 2.33. The van der Waals surface area contributed by atoms with Crippen LogP contribution in [0.2, 0.25) is 0 Å². The van der Waals surface area contributed by atoms with Crippen molar-refractivity contribution >= 4 is 11.9 Å². The Labute approximate surface area is 225 Å². The van der Waals surface area contributed by atoms with Gasteiger partial charge in [-0.25, -0.2) is 13.6 Å². The topological polar surface area (TPSA) is 91.3 Å². The highest BCUT2D eigenvalue weighted by atomic mass is 19.1. The fourth-order valence-electron chi connectivity index (χ4n) is 4.85. The number of halogens is 2. The molecule has 3 aromatic carbocycles. The minimum Gasteiger partial charge on any atom is -0.497 e. The smallest absolute Gasteiger partial charge is 0.407 e. The van der Waals surface area contributed by atoms with Gasteiger partial charge in [-0.2, -0.15) is 0 Å². The van der Waals surface area contributed by atoms with Gasteiger partial charge in [0.2, 0.25) is 0 Å². The largest absolute Gasteiger partial charge is 0.497 e. The molecular formula is C29H31F2N3O5. The maximum Gasteiger partial charge on any atom is 0.407 e. The van der Waals surface area contributed by atoms with E-state index in [1.807, 2.05) is 30.3 Å². The van der Waals surface area contributed by atoms with Crippen molar-refractivity contribution in [3.8, 4) is 11.5 Å². The fourth-order valence-corrected chi connectivity index (χ4v) is 4.85. The standard InChI is InChI=1S/C29H31F2N3O5/c1-38-24-8-9-25(26(15-24)39-2)27(28(35)20-12-21(30)14-22(31)13-20)32-16-23-18-33(10-11-34(23)29(36)37)17-19-6-4-3-5-7-19/h3-9,12-15,23,27,32H,10-11,16-18H2,1-2H3,(H,36,37)/t23-,27?/m0/s1. The molecule has 0 radical (unpaired) electrons. The van der Waals surface area contributed by atoms with Crippen LogP contribution in [-0.4, -0.2) is 73.2 Å². The van der Waals surface area contributed by atoms with E-state index in [-0.39, 0.29) is 12.1 Å². The molecule has 1 amide bonds. The average Bonchev–Trinajstić information content (AvgIpc) is 2.93. The van der Waals surface area contributed by atoms with Crippen LogP contribution >= 0.6 is 0 Å². The molecule has 1 heterocycles. The number of carbonyl (C=O) groups excluding carboxylic acids is 1. The zero-order valence-electron chi connectivity index (χ0n) is 21.8. The molecule has 39 heavy (non-hydrogen) atoms. The maximum absolute atomic E-state index is 14.0. The highest BCUT2D eigenvalue weighted by Crippen LogP contribution is 2.32. The van der Waals surface area contributed by atoms with E-state index < -0.39 is 35.6 Å². The van der Waals surface area contributed by atoms with E-state index in [1.165, 1.54) is 19.1 Å². The van der Waals surface area contributed by atoms with Gasteiger partial charge in [-0.05, 0) is 29.8 Å². The Morgan fingerprint density at radius 3 is 2.36 bits per heavy atom. The summed E-state index contributed by atoms with van der Waals surface area (Å²) in [6.07, 6.45) is -1.06. The number of rotatable bonds is 10. The Morgan fingerprint density at radius 2 is 1.72 bits per heavy atom. The van der Waals surface area contributed by atoms with Gasteiger partial charge >= 0.3 is 6.09 Å². The van der Waals surface area contributed by atoms with E-state index in [4.69, 9.17) is 9.47 Å². The van der Waals surface area contributed by atoms with Crippen LogP contribution < -0.4 is 14.8 Å². The number of piperazine rings is 1. The first-order chi connectivity index (χ1) is 18.8. The molecule has 1 aliphatic heterocycles. The number of amides is 1. The lowest BCUT2D eigenvalue weighted by Crippen LogP contribution is -2.58. The monoisotopic (exact) mass is 539 g/mol. The van der Waals surface area contributed by atoms with E-state index in [0.29, 0.717) is 49.3 Å². The molecule has 8 nitrogen and oxygen atoms in total. The number of benzene rings is 3. The summed E-state index contributed by atoms with van der Waals surface area (Å²) in [6.45, 7) is 2.06. The van der Waals surface area contributed by atoms with Gasteiger partial charge < -0.3 is 24.8 Å². The molecule has 1 saturated heterocycles. The Kier molecular flexibility index (Phi) is 9.11. The molecule has 206 valence electrons. The quantitative estimate of drug-likeness (QED) is 0.370. The predicted octanol–water partition coefficient (Wildman–Crippen LogP) is 4.36. The molecule has 1 unspecified atom stereocenters. The van der Waals surface area contributed by atoms with Crippen molar-refractivity contribution in [1.29, 1.82) is 0 Å². The number of hydrogen-bond donors (Lipinski definition) is 2. The van der Waals surface area contributed by atoms with Crippen LogP contribution in [0.1, 0.15) is 27.5 Å². The second kappa shape index (κ2) is 12.7. The first-order valence-electron chi connectivity index (χ1n) is 12.5. The normalized spacial score (nSPS) is 16.5. The van der Waals surface area contributed by atoms with Crippen molar-refractivity contribution < 1.29 is 33.0 Å². The van der Waals surface area contributed by atoms with Crippen molar-refractivity contribution in [2.24, 2.45) is 0 Å². The Bertz CT molecular complexity index is 1290. The van der Waals surface area contributed by atoms with E-state index in [1.54, 1.807) is 18.2 Å². The minimum absolute atomic E-state index is 0.112. The number of Topliss-reactive ketones (excluding diaryl/α,β-unsaturated/α-hetero) is 1. The van der Waals surface area contributed by atoms with E-state index in [0.717, 1.165) is 17.7 Å². The molecule has 2 N–H and O–H groups in total. The predicted molar refractivity (Wildman–Crippen MR) is 141 cm³/mol. The lowest BCUT2D eigenvalue weighted by molar-refractivity contribution is 0.0624. The number of carbonyl (C=O) groups is 2. The number of methoxy groups -OCH3 is 2. The summed E-state index contributed by atoms with van der Waals surface area (Å²) in [5, 5.41) is 13.0. The Balaban J connectivity index is 1.62. The number of hydrogen-bond acceptors (Lipinski definition) is 6. The van der Waals surface area contributed by atoms with Crippen molar-refractivity contribution in [2.75, 3.05) is 40.4 Å². The van der Waals surface area contributed by atoms with Crippen LogP contribution in [0.3, 0.4) is 0 Å². The van der Waals surface area contributed by atoms with Gasteiger partial charge in [-0.15, -0.1) is 0 Å². The molecule has 3 aromatic rings. The third-order valence-corrected chi connectivity index (χ3v) is 6.78. The number of ether oxygens (including phenoxy) is 2. The number of nitrogens with zero attached hydrogens (tertiary/aromatic N) is 2. The summed E-state index contributed by atoms with van der Waals surface area (Å²) in [5.74, 6) is -1.50. The van der Waals surface area contributed by atoms with Crippen LogP contribution in [0.15, 0.2) is 66.7 Å². The summed E-state index contributed by atoms with van der Waals surface area (Å²) in [5.41, 5.74) is 1.37. The van der Waals surface area contributed by atoms with Crippen molar-refractivity contribution in [3.63, 3.8) is 0 Å². The Morgan fingerprint density at radius 1 is 1.00 bits per heavy atom. The fraction of sp³-hybridized carbons (Fsp3) is 0.310. The summed E-state index contributed by atoms with van der Waals surface area (Å²) >= 11 is 0. The SMILES string of the molecule is COc1ccc(C(NC[C@H]2CN(Cc3ccccc3)CCN2C(=O)O)C(=O)c2cc(F)cc(F)c2)c(OC)c1. The van der Waals surface area contributed by atoms with Gasteiger partial charge in [-0.3, -0.25) is 9.69 Å². The maximum atomic E-state index is 14.0. The Hall–Kier alpha value is -4.02. The van der Waals surface area contributed by atoms with Gasteiger partial charge in [-0.1, -0.05) is 30.3 Å². The molecule has 0 aliphatic carbocycles. The first kappa shape index (κ1) is 28.0. The van der Waals surface area contributed by atoms with Crippen LogP contribution in [0.5, 0.6) is 11.5 Å². The van der Waals surface area contributed by atoms with Gasteiger partial charge in [0, 0.05) is 56.0 Å². The second-order valence-electron chi connectivity index (χ2n) is 9.32. The van der Waals surface area contributed by atoms with E-state index in [9.17, 15) is 23.5 Å². The second-order valence-corrected chi connectivity index (χ2v) is 9.32. The molecule has 10 heteroatoms. The summed E-state index contributed by atoms with van der Waals surface area (Å²) in [7, 11) is 2.94. The molecule has 0 saturated carbocycles. The van der Waals surface area contributed by atoms with Crippen molar-refractivity contribution in [2.45, 2.75) is 18.6 Å². The van der Waals surface area contributed by atoms with Gasteiger partial charge in [0.1, 0.15) is 29.2 Å². The molecular weight excluding hydrogens is 508 g/mol. The lowest BCUT2D eigenvalue weighted by Gasteiger charge is -2.40. The van der Waals surface area contributed by atoms with Gasteiger partial charge in [0.15, 0.2) is 5.78 Å². The van der Waals surface area contributed by atoms with Crippen LogP contribution in [-0.2, 0) is 6.54 Å². The molecule has 0 spiro atoms. The van der Waals surface area contributed by atoms with Crippen LogP contribution in [0.25, 0.3) is 0 Å². The number of nitrogens with one attached hydrogen (secondary N) is 1. The van der Waals surface area contributed by atoms with Crippen molar-refractivity contribution in [1.82, 2.24) is 15.1 Å². The van der Waals surface area contributed by atoms with Gasteiger partial charge in [0.25, 0.3) is 0 Å². The van der Waals surface area contributed by atoms with Crippen molar-refractivity contribution in [3.05, 3.63) is 95.1 Å². The molecule has 1 fully saturated rings. The summed E-state index contributed by atoms with van der Waals surface area (Å²) in [4.78, 5) is 29.2. The van der Waals surface area contributed by atoms with Crippen LogP contribution in [0, 0.1) is 11.6 Å². The zero-order chi connectivity index (χ0) is 27.9. The van der Waals surface area contributed by atoms with Crippen LogP contribution in [0.4, 0.5) is 13.6 Å². The molecule has 1 aliphatic rings. The van der Waals surface area contributed by atoms with E-state index >= 15 is 0 Å². The third-order valence-electron chi connectivity index (χ3n) is 6.78. The third kappa shape index (κ3) is 6.90.